The number of anilines is 1. The molecule has 2 aromatic rings. The van der Waals surface area contributed by atoms with Crippen molar-refractivity contribution < 1.29 is 5.21 Å². The Morgan fingerprint density at radius 2 is 2.40 bits per heavy atom. The van der Waals surface area contributed by atoms with Gasteiger partial charge in [-0.25, -0.2) is 9.50 Å². The van der Waals surface area contributed by atoms with Crippen LogP contribution in [-0.4, -0.2) is 19.6 Å². The molecule has 0 radical (unpaired) electrons. The molecule has 0 aliphatic carbocycles. The summed E-state index contributed by atoms with van der Waals surface area (Å²) < 4.78 is 1.44. The molecule has 0 saturated heterocycles. The van der Waals surface area contributed by atoms with E-state index < -0.39 is 0 Å². The molecular formula is C5H6N4O. The van der Waals surface area contributed by atoms with Gasteiger partial charge in [0.05, 0.1) is 6.20 Å². The Morgan fingerprint density at radius 3 is 3.10 bits per heavy atom. The first-order valence-corrected chi connectivity index (χ1v) is 2.79. The summed E-state index contributed by atoms with van der Waals surface area (Å²) in [5.41, 5.74) is 5.99. The number of imidazole rings is 1. The maximum absolute atomic E-state index is 9.10. The second-order valence-electron chi connectivity index (χ2n) is 1.99. The van der Waals surface area contributed by atoms with Gasteiger partial charge in [0, 0.05) is 12.3 Å². The van der Waals surface area contributed by atoms with Crippen molar-refractivity contribution in [3.63, 3.8) is 0 Å². The average Bonchev–Trinajstić information content (AvgIpc) is 2.41. The molecule has 0 aromatic carbocycles. The summed E-state index contributed by atoms with van der Waals surface area (Å²) in [6, 6.07) is 1.58. The summed E-state index contributed by atoms with van der Waals surface area (Å²) >= 11 is 0. The summed E-state index contributed by atoms with van der Waals surface area (Å²) in [7, 11) is 0. The summed E-state index contributed by atoms with van der Waals surface area (Å²) in [6.45, 7) is 0. The van der Waals surface area contributed by atoms with Crippen molar-refractivity contribution >= 4 is 11.5 Å². The molecule has 0 saturated carbocycles. The van der Waals surface area contributed by atoms with Crippen LogP contribution in [0.15, 0.2) is 18.5 Å². The molecule has 3 N–H and O–H groups in total. The average molecular weight is 138 g/mol. The fourth-order valence-electron chi connectivity index (χ4n) is 0.886. The van der Waals surface area contributed by atoms with Gasteiger partial charge in [0.25, 0.3) is 0 Å². The van der Waals surface area contributed by atoms with E-state index in [0.717, 1.165) is 4.85 Å². The second kappa shape index (κ2) is 1.44. The van der Waals surface area contributed by atoms with Gasteiger partial charge in [-0.15, -0.1) is 4.85 Å². The number of rotatable bonds is 0. The number of fused-ring (bicyclic) bond motifs is 1. The zero-order valence-electron chi connectivity index (χ0n) is 5.10. The van der Waals surface area contributed by atoms with Crippen molar-refractivity contribution in [3.05, 3.63) is 18.5 Å². The highest BCUT2D eigenvalue weighted by Gasteiger charge is 2.02. The van der Waals surface area contributed by atoms with Crippen LogP contribution in [0, 0.1) is 0 Å². The standard InChI is InChI=1S/C5H6N4O/c6-4-3-5-7-1-2-8(5)9(4)10/h1-3,10H,6H2. The minimum atomic E-state index is 0.281. The maximum Gasteiger partial charge on any atom is 0.163 e. The molecule has 0 spiro atoms. The van der Waals surface area contributed by atoms with Crippen LogP contribution in [0.2, 0.25) is 0 Å². The molecule has 0 amide bonds. The fourth-order valence-corrected chi connectivity index (χ4v) is 0.886. The number of nitrogen functional groups attached to an aromatic ring is 1. The molecule has 5 heteroatoms. The highest BCUT2D eigenvalue weighted by Crippen LogP contribution is 2.07. The van der Waals surface area contributed by atoms with Gasteiger partial charge in [-0.3, -0.25) is 0 Å². The second-order valence-corrected chi connectivity index (χ2v) is 1.99. The zero-order chi connectivity index (χ0) is 7.14. The van der Waals surface area contributed by atoms with E-state index in [2.05, 4.69) is 4.98 Å². The van der Waals surface area contributed by atoms with E-state index in [1.165, 1.54) is 4.52 Å². The van der Waals surface area contributed by atoms with Crippen LogP contribution < -0.4 is 5.73 Å². The normalized spacial score (nSPS) is 10.8. The Hall–Kier alpha value is -1.65. The van der Waals surface area contributed by atoms with E-state index in [-0.39, 0.29) is 5.82 Å². The Bertz CT molecular complexity index is 360. The minimum absolute atomic E-state index is 0.281. The van der Waals surface area contributed by atoms with Crippen LogP contribution in [0.3, 0.4) is 0 Å². The fraction of sp³-hybridized carbons (Fsp3) is 0. The molecule has 2 aromatic heterocycles. The molecule has 52 valence electrons. The Balaban J connectivity index is 2.95. The lowest BCUT2D eigenvalue weighted by atomic mass is 10.6. The first kappa shape index (κ1) is 5.16. The predicted molar refractivity (Wildman–Crippen MR) is 34.8 cm³/mol. The lowest BCUT2D eigenvalue weighted by molar-refractivity contribution is 0.143. The number of nitrogens with zero attached hydrogens (tertiary/aromatic N) is 3. The summed E-state index contributed by atoms with van der Waals surface area (Å²) in [4.78, 5) is 4.74. The molecule has 10 heavy (non-hydrogen) atoms. The molecule has 0 aliphatic heterocycles. The van der Waals surface area contributed by atoms with Gasteiger partial charge in [0.15, 0.2) is 11.5 Å². The van der Waals surface area contributed by atoms with Gasteiger partial charge in [-0.1, -0.05) is 0 Å². The molecular weight excluding hydrogens is 132 g/mol. The van der Waals surface area contributed by atoms with Crippen molar-refractivity contribution in [2.24, 2.45) is 0 Å². The lowest BCUT2D eigenvalue weighted by Gasteiger charge is -1.93. The summed E-state index contributed by atoms with van der Waals surface area (Å²) in [5.74, 6) is 0.281. The predicted octanol–water partition coefficient (Wildman–Crippen LogP) is -0.0447. The topological polar surface area (TPSA) is 68.5 Å². The van der Waals surface area contributed by atoms with E-state index in [1.54, 1.807) is 18.5 Å². The zero-order valence-corrected chi connectivity index (χ0v) is 5.10. The monoisotopic (exact) mass is 138 g/mol. The number of hydrogen-bond acceptors (Lipinski definition) is 3. The van der Waals surface area contributed by atoms with E-state index in [4.69, 9.17) is 10.9 Å². The Morgan fingerprint density at radius 1 is 1.60 bits per heavy atom. The quantitative estimate of drug-likeness (QED) is 0.502. The molecule has 2 rings (SSSR count). The molecule has 2 heterocycles. The van der Waals surface area contributed by atoms with Crippen molar-refractivity contribution in [1.29, 1.82) is 0 Å². The molecule has 5 nitrogen and oxygen atoms in total. The molecule has 0 fully saturated rings. The van der Waals surface area contributed by atoms with Crippen LogP contribution in [-0.2, 0) is 0 Å². The third kappa shape index (κ3) is 0.439. The van der Waals surface area contributed by atoms with Crippen molar-refractivity contribution in [1.82, 2.24) is 14.3 Å². The van der Waals surface area contributed by atoms with Crippen LogP contribution in [0.1, 0.15) is 0 Å². The van der Waals surface area contributed by atoms with E-state index in [9.17, 15) is 0 Å². The van der Waals surface area contributed by atoms with Gasteiger partial charge in [0.1, 0.15) is 0 Å². The van der Waals surface area contributed by atoms with E-state index in [1.807, 2.05) is 0 Å². The summed E-state index contributed by atoms with van der Waals surface area (Å²) in [5, 5.41) is 9.10. The van der Waals surface area contributed by atoms with Crippen molar-refractivity contribution in [2.75, 3.05) is 5.73 Å². The number of nitrogens with two attached hydrogens (primary N) is 1. The third-order valence-corrected chi connectivity index (χ3v) is 1.36. The van der Waals surface area contributed by atoms with Crippen LogP contribution in [0.4, 0.5) is 5.82 Å². The largest absolute Gasteiger partial charge is 0.411 e. The Kier molecular flexibility index (Phi) is 0.743. The molecule has 0 bridgehead atoms. The van der Waals surface area contributed by atoms with Gasteiger partial charge >= 0.3 is 0 Å². The molecule has 0 aliphatic rings. The van der Waals surface area contributed by atoms with E-state index >= 15 is 0 Å². The minimum Gasteiger partial charge on any atom is -0.411 e. The highest BCUT2D eigenvalue weighted by molar-refractivity contribution is 5.48. The van der Waals surface area contributed by atoms with Crippen LogP contribution >= 0.6 is 0 Å². The van der Waals surface area contributed by atoms with Crippen LogP contribution in [0.25, 0.3) is 5.65 Å². The molecule has 0 atom stereocenters. The van der Waals surface area contributed by atoms with Gasteiger partial charge in [0.2, 0.25) is 0 Å². The first-order valence-electron chi connectivity index (χ1n) is 2.79. The lowest BCUT2D eigenvalue weighted by Crippen LogP contribution is -2.02. The highest BCUT2D eigenvalue weighted by atomic mass is 16.5. The van der Waals surface area contributed by atoms with Gasteiger partial charge < -0.3 is 10.9 Å². The van der Waals surface area contributed by atoms with Gasteiger partial charge in [-0.2, -0.15) is 0 Å². The molecule has 0 unspecified atom stereocenters. The first-order chi connectivity index (χ1) is 4.79. The Labute approximate surface area is 56.2 Å². The summed E-state index contributed by atoms with van der Waals surface area (Å²) in [6.07, 6.45) is 3.20. The van der Waals surface area contributed by atoms with Crippen LogP contribution in [0.5, 0.6) is 0 Å². The van der Waals surface area contributed by atoms with Crippen molar-refractivity contribution in [2.45, 2.75) is 0 Å². The van der Waals surface area contributed by atoms with Gasteiger partial charge in [-0.05, 0) is 0 Å². The number of aromatic nitrogens is 3. The van der Waals surface area contributed by atoms with E-state index in [0.29, 0.717) is 5.65 Å². The van der Waals surface area contributed by atoms with Crippen molar-refractivity contribution in [3.8, 4) is 0 Å². The SMILES string of the molecule is Nc1cc2nccn2n1O. The maximum atomic E-state index is 9.10. The third-order valence-electron chi connectivity index (χ3n) is 1.36. The smallest absolute Gasteiger partial charge is 0.163 e. The number of hydrogen-bond donors (Lipinski definition) is 2.